The zero-order chi connectivity index (χ0) is 53.5. The summed E-state index contributed by atoms with van der Waals surface area (Å²) in [5.41, 5.74) is -1.05. The minimum atomic E-state index is -0.933. The Hall–Kier alpha value is -7.63. The molecule has 0 spiro atoms. The Labute approximate surface area is 350 Å². The second-order valence-electron chi connectivity index (χ2n) is 12.6. The van der Waals surface area contributed by atoms with E-state index in [-0.39, 0.29) is 44.8 Å². The van der Waals surface area contributed by atoms with Gasteiger partial charge in [-0.15, -0.1) is 0 Å². The highest BCUT2D eigenvalue weighted by Crippen LogP contribution is 2.42. The van der Waals surface area contributed by atoms with Gasteiger partial charge in [0.1, 0.15) is 0 Å². The van der Waals surface area contributed by atoms with Crippen molar-refractivity contribution in [2.75, 3.05) is 0 Å². The SMILES string of the molecule is [2H]c1c([2H])c([2H])c(-c2c([2H])c([2H])c([2H])c(-n3c4c([2H])c([2H])c([2H])c([2H])c4c4c5c6c([2H])c([2H])c([2H])c([2H])c6n(-c6nc(-c7ccccc7)nc(-c7cccc(-c8ccccc8)c7)n6)c5c([2H])c([2H])c43)c2[2H])c([2H])c1[2H]. The normalized spacial score (nSPS) is 16.3. The van der Waals surface area contributed by atoms with Gasteiger partial charge in [0.05, 0.1) is 48.1 Å². The second-order valence-corrected chi connectivity index (χ2v) is 12.6. The maximum atomic E-state index is 9.96. The molecular formula is C51H33N5. The van der Waals surface area contributed by atoms with Crippen molar-refractivity contribution in [2.24, 2.45) is 0 Å². The minimum absolute atomic E-state index is 0.0989. The molecule has 5 heteroatoms. The molecule has 8 aromatic carbocycles. The summed E-state index contributed by atoms with van der Waals surface area (Å²) in [7, 11) is 0. The molecular weight excluding hydrogens is 683 g/mol. The Morgan fingerprint density at radius 1 is 0.375 bits per heavy atom. The third kappa shape index (κ3) is 5.21. The summed E-state index contributed by atoms with van der Waals surface area (Å²) in [5.74, 6) is -0.0744. The lowest BCUT2D eigenvalue weighted by molar-refractivity contribution is 0.953. The molecule has 0 aliphatic heterocycles. The van der Waals surface area contributed by atoms with Crippen molar-refractivity contribution in [1.29, 1.82) is 0 Å². The molecule has 0 N–H and O–H groups in total. The topological polar surface area (TPSA) is 48.5 Å². The highest BCUT2D eigenvalue weighted by atomic mass is 15.2. The molecule has 0 fully saturated rings. The van der Waals surface area contributed by atoms with Crippen LogP contribution in [0.4, 0.5) is 0 Å². The molecule has 0 unspecified atom stereocenters. The van der Waals surface area contributed by atoms with Crippen molar-refractivity contribution >= 4 is 43.6 Å². The van der Waals surface area contributed by atoms with Crippen molar-refractivity contribution in [3.05, 3.63) is 200 Å². The number of para-hydroxylation sites is 2. The van der Waals surface area contributed by atoms with Crippen LogP contribution in [-0.2, 0) is 0 Å². The van der Waals surface area contributed by atoms with Gasteiger partial charge in [-0.1, -0.05) is 157 Å². The lowest BCUT2D eigenvalue weighted by Crippen LogP contribution is -2.06. The second kappa shape index (κ2) is 13.0. The van der Waals surface area contributed by atoms with Crippen LogP contribution in [0.1, 0.15) is 26.0 Å². The van der Waals surface area contributed by atoms with E-state index in [4.69, 9.17) is 30.0 Å². The number of aromatic nitrogens is 5. The van der Waals surface area contributed by atoms with Crippen molar-refractivity contribution < 1.29 is 26.0 Å². The maximum absolute atomic E-state index is 9.96. The zero-order valence-corrected chi connectivity index (χ0v) is 28.8. The van der Waals surface area contributed by atoms with Crippen LogP contribution in [0.2, 0.25) is 0 Å². The van der Waals surface area contributed by atoms with E-state index in [0.717, 1.165) is 15.7 Å². The van der Waals surface area contributed by atoms with Crippen LogP contribution in [0.5, 0.6) is 0 Å². The molecule has 0 saturated carbocycles. The molecule has 0 saturated heterocycles. The molecule has 0 bridgehead atoms. The van der Waals surface area contributed by atoms with Gasteiger partial charge >= 0.3 is 0 Å². The van der Waals surface area contributed by atoms with Crippen LogP contribution in [0.25, 0.3) is 100 Å². The van der Waals surface area contributed by atoms with Crippen molar-refractivity contribution in [3.63, 3.8) is 0 Å². The van der Waals surface area contributed by atoms with Gasteiger partial charge in [0.15, 0.2) is 11.6 Å². The Morgan fingerprint density at radius 3 is 1.64 bits per heavy atom. The van der Waals surface area contributed by atoms with E-state index in [1.165, 1.54) is 4.57 Å². The summed E-state index contributed by atoms with van der Waals surface area (Å²) in [4.78, 5) is 14.7. The number of benzene rings is 8. The third-order valence-electron chi connectivity index (χ3n) is 9.42. The lowest BCUT2D eigenvalue weighted by atomic mass is 10.0. The highest BCUT2D eigenvalue weighted by molar-refractivity contribution is 6.28. The number of rotatable bonds is 6. The van der Waals surface area contributed by atoms with Crippen molar-refractivity contribution in [1.82, 2.24) is 24.1 Å². The van der Waals surface area contributed by atoms with Crippen LogP contribution < -0.4 is 0 Å². The molecule has 0 amide bonds. The number of hydrogen-bond acceptors (Lipinski definition) is 3. The fourth-order valence-corrected chi connectivity index (χ4v) is 6.98. The molecule has 0 aliphatic rings. The number of fused-ring (bicyclic) bond motifs is 7. The Morgan fingerprint density at radius 2 is 0.929 bits per heavy atom. The standard InChI is InChI=1S/C51H33N5/c1-4-16-34(17-5-1)37-22-14-24-39(32-37)50-52-49(36-20-8-3-9-21-36)53-51(54-50)56-44-29-13-11-27-42(44)48-46(56)31-30-45-47(48)41-26-10-12-28-43(41)55(45)40-25-15-23-38(33-40)35-18-6-2-7-19-35/h1-33H/i2D,6D,7D,10D,11D,12D,13D,15D,18D,19D,23D,25D,26D,27D,28D,29D,30D,31D,33D. The van der Waals surface area contributed by atoms with Gasteiger partial charge < -0.3 is 4.57 Å². The summed E-state index contributed by atoms with van der Waals surface area (Å²) in [5, 5.41) is -1.25. The fourth-order valence-electron chi connectivity index (χ4n) is 6.98. The monoisotopic (exact) mass is 734 g/mol. The summed E-state index contributed by atoms with van der Waals surface area (Å²) in [6, 6.07) is 10.4. The van der Waals surface area contributed by atoms with Gasteiger partial charge in [0.25, 0.3) is 0 Å². The van der Waals surface area contributed by atoms with E-state index in [2.05, 4.69) is 0 Å². The Bertz CT molecular complexity index is 4320. The molecule has 56 heavy (non-hydrogen) atoms. The van der Waals surface area contributed by atoms with Crippen LogP contribution >= 0.6 is 0 Å². The predicted molar refractivity (Wildman–Crippen MR) is 230 cm³/mol. The molecule has 11 aromatic rings. The van der Waals surface area contributed by atoms with Crippen LogP contribution in [0, 0.1) is 0 Å². The number of nitrogens with zero attached hydrogens (tertiary/aromatic N) is 5. The first-order valence-corrected chi connectivity index (χ1v) is 17.3. The zero-order valence-electron chi connectivity index (χ0n) is 47.8. The summed E-state index contributed by atoms with van der Waals surface area (Å²) >= 11 is 0. The highest BCUT2D eigenvalue weighted by Gasteiger charge is 2.22. The molecule has 0 radical (unpaired) electrons. The van der Waals surface area contributed by atoms with Crippen LogP contribution in [0.3, 0.4) is 0 Å². The molecule has 0 aliphatic carbocycles. The predicted octanol–water partition coefficient (Wildman–Crippen LogP) is 12.7. The summed E-state index contributed by atoms with van der Waals surface area (Å²) < 4.78 is 175. The van der Waals surface area contributed by atoms with Crippen LogP contribution in [-0.4, -0.2) is 24.1 Å². The summed E-state index contributed by atoms with van der Waals surface area (Å²) in [6.45, 7) is 0. The Kier molecular flexibility index (Phi) is 4.22. The van der Waals surface area contributed by atoms with E-state index in [1.54, 1.807) is 36.4 Å². The summed E-state index contributed by atoms with van der Waals surface area (Å²) in [6.07, 6.45) is 0. The van der Waals surface area contributed by atoms with Crippen LogP contribution in [0.15, 0.2) is 200 Å². The molecule has 3 heterocycles. The Balaban J connectivity index is 1.36. The first-order chi connectivity index (χ1) is 35.7. The average Bonchev–Trinajstić information content (AvgIpc) is 3.97. The molecule has 262 valence electrons. The van der Waals surface area contributed by atoms with Gasteiger partial charge in [0, 0.05) is 38.4 Å². The van der Waals surface area contributed by atoms with Gasteiger partial charge in [-0.05, 0) is 64.6 Å². The molecule has 3 aromatic heterocycles. The minimum Gasteiger partial charge on any atom is -0.309 e. The fraction of sp³-hybridized carbons (Fsp3) is 0. The smallest absolute Gasteiger partial charge is 0.238 e. The largest absolute Gasteiger partial charge is 0.309 e. The van der Waals surface area contributed by atoms with Gasteiger partial charge in [-0.25, -0.2) is 4.98 Å². The van der Waals surface area contributed by atoms with Crippen molar-refractivity contribution in [2.45, 2.75) is 0 Å². The maximum Gasteiger partial charge on any atom is 0.238 e. The van der Waals surface area contributed by atoms with Crippen molar-refractivity contribution in [3.8, 4) is 56.7 Å². The van der Waals surface area contributed by atoms with E-state index in [1.807, 2.05) is 48.5 Å². The van der Waals surface area contributed by atoms with E-state index in [9.17, 15) is 11.0 Å². The molecule has 0 atom stereocenters. The first kappa shape index (κ1) is 18.1. The first-order valence-electron chi connectivity index (χ1n) is 26.8. The average molecular weight is 735 g/mol. The number of hydrogen-bond donors (Lipinski definition) is 0. The van der Waals surface area contributed by atoms with Gasteiger partial charge in [0.2, 0.25) is 5.95 Å². The third-order valence-corrected chi connectivity index (χ3v) is 9.42. The molecule has 5 nitrogen and oxygen atoms in total. The molecule has 11 rings (SSSR count). The van der Waals surface area contributed by atoms with E-state index < -0.39 is 148 Å². The van der Waals surface area contributed by atoms with E-state index >= 15 is 0 Å². The van der Waals surface area contributed by atoms with Gasteiger partial charge in [-0.2, -0.15) is 9.97 Å². The quantitative estimate of drug-likeness (QED) is 0.171. The van der Waals surface area contributed by atoms with E-state index in [0.29, 0.717) is 11.1 Å². The van der Waals surface area contributed by atoms with Gasteiger partial charge in [-0.3, -0.25) is 4.57 Å². The lowest BCUT2D eigenvalue weighted by Gasteiger charge is -2.12.